The monoisotopic (exact) mass is 369 g/mol. The first kappa shape index (κ1) is 18.1. The molecule has 0 saturated carbocycles. The second-order valence-electron chi connectivity index (χ2n) is 7.69. The summed E-state index contributed by atoms with van der Waals surface area (Å²) in [4.78, 5) is 17.2. The molecule has 1 saturated heterocycles. The molecular formula is C20H27N5O2. The number of likely N-dealkylation sites (tertiary alicyclic amines) is 1. The Bertz CT molecular complexity index is 826. The van der Waals surface area contributed by atoms with Gasteiger partial charge < -0.3 is 14.6 Å². The van der Waals surface area contributed by atoms with Crippen LogP contribution in [0.4, 0.5) is 5.69 Å². The van der Waals surface area contributed by atoms with Crippen LogP contribution in [0.25, 0.3) is 0 Å². The minimum Gasteiger partial charge on any atom is -0.388 e. The third-order valence-corrected chi connectivity index (χ3v) is 5.93. The zero-order valence-corrected chi connectivity index (χ0v) is 16.0. The number of carbonyl (C=O) groups is 1. The second-order valence-corrected chi connectivity index (χ2v) is 7.69. The number of aliphatic hydroxyl groups excluding tert-OH is 1. The van der Waals surface area contributed by atoms with E-state index in [-0.39, 0.29) is 18.6 Å². The summed E-state index contributed by atoms with van der Waals surface area (Å²) in [5.41, 5.74) is 2.33. The molecule has 1 aromatic heterocycles. The summed E-state index contributed by atoms with van der Waals surface area (Å²) in [6.07, 6.45) is 2.84. The fourth-order valence-corrected chi connectivity index (χ4v) is 4.43. The number of amides is 1. The van der Waals surface area contributed by atoms with Crippen LogP contribution in [0, 0.1) is 0 Å². The maximum Gasteiger partial charge on any atom is 0.241 e. The van der Waals surface area contributed by atoms with Gasteiger partial charge in [-0.3, -0.25) is 9.69 Å². The molecule has 0 radical (unpaired) electrons. The molecule has 0 aliphatic carbocycles. The smallest absolute Gasteiger partial charge is 0.241 e. The van der Waals surface area contributed by atoms with Crippen molar-refractivity contribution >= 4 is 11.6 Å². The summed E-state index contributed by atoms with van der Waals surface area (Å²) in [5.74, 6) is 2.06. The maximum atomic E-state index is 13.0. The standard InChI is InChI=1S/C20H27N5O2/c1-14-11-16-5-3-4-6-17(16)25(14)19(27)12-24-9-7-15(8-10-24)20-22-21-18(13-26)23(20)2/h3-6,14-15,26H,7-13H2,1-2H3/t14-/m0/s1. The fraction of sp³-hybridized carbons (Fsp3) is 0.550. The lowest BCUT2D eigenvalue weighted by Crippen LogP contribution is -2.45. The minimum absolute atomic E-state index is 0.0909. The minimum atomic E-state index is -0.0909. The molecule has 2 aromatic rings. The van der Waals surface area contributed by atoms with Gasteiger partial charge in [0.05, 0.1) is 6.54 Å². The molecule has 7 heteroatoms. The van der Waals surface area contributed by atoms with Gasteiger partial charge in [-0.05, 0) is 50.9 Å². The predicted octanol–water partition coefficient (Wildman–Crippen LogP) is 1.46. The Morgan fingerprint density at radius 3 is 2.67 bits per heavy atom. The Morgan fingerprint density at radius 1 is 1.22 bits per heavy atom. The lowest BCUT2D eigenvalue weighted by atomic mass is 9.96. The molecule has 0 unspecified atom stereocenters. The number of rotatable bonds is 4. The van der Waals surface area contributed by atoms with E-state index in [9.17, 15) is 9.90 Å². The Labute approximate surface area is 159 Å². The van der Waals surface area contributed by atoms with Crippen molar-refractivity contribution in [1.82, 2.24) is 19.7 Å². The van der Waals surface area contributed by atoms with E-state index < -0.39 is 0 Å². The number of carbonyl (C=O) groups excluding carboxylic acids is 1. The van der Waals surface area contributed by atoms with Crippen molar-refractivity contribution in [3.63, 3.8) is 0 Å². The molecule has 2 aliphatic heterocycles. The molecule has 1 atom stereocenters. The summed E-state index contributed by atoms with van der Waals surface area (Å²) in [5, 5.41) is 17.6. The Balaban J connectivity index is 1.37. The van der Waals surface area contributed by atoms with Crippen molar-refractivity contribution in [1.29, 1.82) is 0 Å². The van der Waals surface area contributed by atoms with Gasteiger partial charge in [0.1, 0.15) is 12.4 Å². The summed E-state index contributed by atoms with van der Waals surface area (Å²) in [6, 6.07) is 8.44. The highest BCUT2D eigenvalue weighted by atomic mass is 16.3. The van der Waals surface area contributed by atoms with E-state index in [0.717, 1.165) is 43.9 Å². The number of piperidine rings is 1. The molecule has 1 N–H and O–H groups in total. The molecule has 27 heavy (non-hydrogen) atoms. The number of nitrogens with zero attached hydrogens (tertiary/aromatic N) is 5. The molecule has 144 valence electrons. The summed E-state index contributed by atoms with van der Waals surface area (Å²) in [7, 11) is 1.91. The average molecular weight is 369 g/mol. The van der Waals surface area contributed by atoms with Crippen LogP contribution in [-0.4, -0.2) is 56.4 Å². The largest absolute Gasteiger partial charge is 0.388 e. The number of hydrogen-bond acceptors (Lipinski definition) is 5. The number of anilines is 1. The summed E-state index contributed by atoms with van der Waals surface area (Å²) in [6.45, 7) is 4.25. The molecule has 2 aliphatic rings. The number of aromatic nitrogens is 3. The van der Waals surface area contributed by atoms with Gasteiger partial charge >= 0.3 is 0 Å². The van der Waals surface area contributed by atoms with E-state index >= 15 is 0 Å². The molecule has 3 heterocycles. The highest BCUT2D eigenvalue weighted by molar-refractivity contribution is 5.97. The SMILES string of the molecule is C[C@H]1Cc2ccccc2N1C(=O)CN1CCC(c2nnc(CO)n2C)CC1. The Kier molecular flexibility index (Phi) is 4.97. The molecule has 0 spiro atoms. The number of fused-ring (bicyclic) bond motifs is 1. The Hall–Kier alpha value is -2.25. The van der Waals surface area contributed by atoms with Crippen LogP contribution < -0.4 is 4.90 Å². The number of para-hydroxylation sites is 1. The van der Waals surface area contributed by atoms with E-state index in [1.165, 1.54) is 5.56 Å². The number of aliphatic hydroxyl groups is 1. The summed E-state index contributed by atoms with van der Waals surface area (Å²) >= 11 is 0. The van der Waals surface area contributed by atoms with Crippen LogP contribution >= 0.6 is 0 Å². The molecule has 4 rings (SSSR count). The maximum absolute atomic E-state index is 13.0. The van der Waals surface area contributed by atoms with Crippen LogP contribution in [0.15, 0.2) is 24.3 Å². The molecule has 7 nitrogen and oxygen atoms in total. The van der Waals surface area contributed by atoms with Gasteiger partial charge in [0.15, 0.2) is 5.82 Å². The topological polar surface area (TPSA) is 74.5 Å². The van der Waals surface area contributed by atoms with Gasteiger partial charge in [0.2, 0.25) is 5.91 Å². The van der Waals surface area contributed by atoms with Gasteiger partial charge in [-0.25, -0.2) is 0 Å². The highest BCUT2D eigenvalue weighted by Crippen LogP contribution is 2.32. The Morgan fingerprint density at radius 2 is 1.96 bits per heavy atom. The van der Waals surface area contributed by atoms with E-state index in [4.69, 9.17) is 0 Å². The van der Waals surface area contributed by atoms with Crippen LogP contribution in [0.3, 0.4) is 0 Å². The molecule has 1 amide bonds. The first-order valence-electron chi connectivity index (χ1n) is 9.69. The number of benzene rings is 1. The zero-order valence-electron chi connectivity index (χ0n) is 16.0. The van der Waals surface area contributed by atoms with Crippen LogP contribution in [0.5, 0.6) is 0 Å². The predicted molar refractivity (Wildman–Crippen MR) is 102 cm³/mol. The van der Waals surface area contributed by atoms with Crippen molar-refractivity contribution in [3.05, 3.63) is 41.5 Å². The fourth-order valence-electron chi connectivity index (χ4n) is 4.43. The third kappa shape index (κ3) is 3.37. The third-order valence-electron chi connectivity index (χ3n) is 5.93. The van der Waals surface area contributed by atoms with Gasteiger partial charge in [-0.15, -0.1) is 10.2 Å². The van der Waals surface area contributed by atoms with E-state index in [1.54, 1.807) is 0 Å². The van der Waals surface area contributed by atoms with Gasteiger partial charge in [0, 0.05) is 24.7 Å². The zero-order chi connectivity index (χ0) is 19.0. The van der Waals surface area contributed by atoms with E-state index in [2.05, 4.69) is 34.2 Å². The summed E-state index contributed by atoms with van der Waals surface area (Å²) < 4.78 is 1.90. The van der Waals surface area contributed by atoms with Crippen LogP contribution in [0.2, 0.25) is 0 Å². The highest BCUT2D eigenvalue weighted by Gasteiger charge is 2.32. The molecule has 0 bridgehead atoms. The first-order chi connectivity index (χ1) is 13.1. The van der Waals surface area contributed by atoms with Gasteiger partial charge in [-0.2, -0.15) is 0 Å². The lowest BCUT2D eigenvalue weighted by Gasteiger charge is -2.33. The molecular weight excluding hydrogens is 342 g/mol. The average Bonchev–Trinajstić information content (AvgIpc) is 3.21. The van der Waals surface area contributed by atoms with Crippen LogP contribution in [-0.2, 0) is 24.9 Å². The van der Waals surface area contributed by atoms with Crippen molar-refractivity contribution in [2.45, 2.75) is 44.8 Å². The van der Waals surface area contributed by atoms with Crippen molar-refractivity contribution in [2.75, 3.05) is 24.5 Å². The first-order valence-corrected chi connectivity index (χ1v) is 9.69. The lowest BCUT2D eigenvalue weighted by molar-refractivity contribution is -0.120. The van der Waals surface area contributed by atoms with Crippen molar-refractivity contribution < 1.29 is 9.90 Å². The quantitative estimate of drug-likeness (QED) is 0.883. The second kappa shape index (κ2) is 7.40. The van der Waals surface area contributed by atoms with Gasteiger partial charge in [0.25, 0.3) is 0 Å². The van der Waals surface area contributed by atoms with Crippen LogP contribution in [0.1, 0.15) is 42.9 Å². The van der Waals surface area contributed by atoms with Crippen molar-refractivity contribution in [3.8, 4) is 0 Å². The molecule has 1 fully saturated rings. The normalized spacial score (nSPS) is 20.9. The molecule has 1 aromatic carbocycles. The number of hydrogen-bond donors (Lipinski definition) is 1. The van der Waals surface area contributed by atoms with Gasteiger partial charge in [-0.1, -0.05) is 18.2 Å². The van der Waals surface area contributed by atoms with E-state index in [1.807, 2.05) is 28.6 Å². The van der Waals surface area contributed by atoms with E-state index in [0.29, 0.717) is 18.3 Å². The van der Waals surface area contributed by atoms with Crippen molar-refractivity contribution in [2.24, 2.45) is 7.05 Å².